The first-order valence-electron chi connectivity index (χ1n) is 8.41. The van der Waals surface area contributed by atoms with Crippen molar-refractivity contribution in [3.63, 3.8) is 0 Å². The number of hydrogen-bond acceptors (Lipinski definition) is 3. The molecule has 1 atom stereocenters. The summed E-state index contributed by atoms with van der Waals surface area (Å²) in [6, 6.07) is 17.2. The predicted molar refractivity (Wildman–Crippen MR) is 99.5 cm³/mol. The quantitative estimate of drug-likeness (QED) is 0.680. The third-order valence-corrected chi connectivity index (χ3v) is 4.28. The Balaban J connectivity index is 2.03. The molecule has 3 rings (SSSR count). The zero-order valence-corrected chi connectivity index (χ0v) is 15.1. The molecule has 3 heteroatoms. The monoisotopic (exact) mass is 319 g/mol. The van der Waals surface area contributed by atoms with E-state index in [1.807, 2.05) is 0 Å². The Morgan fingerprint density at radius 1 is 0.833 bits per heavy atom. The highest BCUT2D eigenvalue weighted by Crippen LogP contribution is 2.36. The van der Waals surface area contributed by atoms with E-state index < -0.39 is 0 Å². The van der Waals surface area contributed by atoms with Gasteiger partial charge in [0, 0.05) is 5.56 Å². The Morgan fingerprint density at radius 2 is 1.38 bits per heavy atom. The molecule has 124 valence electrons. The molecule has 0 bridgehead atoms. The molecule has 1 unspecified atom stereocenters. The molecule has 0 fully saturated rings. The van der Waals surface area contributed by atoms with Gasteiger partial charge < -0.3 is 0 Å². The molecule has 0 N–H and O–H groups in total. The summed E-state index contributed by atoms with van der Waals surface area (Å²) in [6.07, 6.45) is 2.22. The Labute approximate surface area is 144 Å². The highest BCUT2D eigenvalue weighted by atomic mass is 15.6. The molecular formula is C21H25N3. The lowest BCUT2D eigenvalue weighted by Gasteiger charge is -2.39. The summed E-state index contributed by atoms with van der Waals surface area (Å²) < 4.78 is 0. The molecule has 1 aliphatic heterocycles. The van der Waals surface area contributed by atoms with Gasteiger partial charge in [0.25, 0.3) is 0 Å². The predicted octanol–water partition coefficient (Wildman–Crippen LogP) is 5.87. The second-order valence-electron chi connectivity index (χ2n) is 7.48. The lowest BCUT2D eigenvalue weighted by molar-refractivity contribution is 0.0941. The van der Waals surface area contributed by atoms with Crippen LogP contribution in [0.5, 0.6) is 0 Å². The maximum Gasteiger partial charge on any atom is 0.0948 e. The van der Waals surface area contributed by atoms with Crippen molar-refractivity contribution in [3.8, 4) is 0 Å². The van der Waals surface area contributed by atoms with Crippen LogP contribution in [-0.4, -0.2) is 10.5 Å². The lowest BCUT2D eigenvalue weighted by atomic mass is 9.97. The lowest BCUT2D eigenvalue weighted by Crippen LogP contribution is -2.40. The summed E-state index contributed by atoms with van der Waals surface area (Å²) in [6.45, 7) is 10.7. The Morgan fingerprint density at radius 3 is 1.92 bits per heavy atom. The molecule has 1 aliphatic rings. The van der Waals surface area contributed by atoms with E-state index in [9.17, 15) is 0 Å². The standard InChI is InChI=1S/C21H25N3/c1-15-6-10-17(11-7-15)19-14-20(18-12-8-16(2)9-13-18)24(23-22-19)21(3,4)5/h6-14,20H,1-5H3. The van der Waals surface area contributed by atoms with Crippen molar-refractivity contribution < 1.29 is 0 Å². The first-order valence-corrected chi connectivity index (χ1v) is 8.41. The summed E-state index contributed by atoms with van der Waals surface area (Å²) in [4.78, 5) is 0. The first kappa shape index (κ1) is 16.4. The van der Waals surface area contributed by atoms with Gasteiger partial charge in [-0.25, -0.2) is 0 Å². The molecule has 3 nitrogen and oxygen atoms in total. The fourth-order valence-corrected chi connectivity index (χ4v) is 2.84. The molecule has 0 radical (unpaired) electrons. The fraction of sp³-hybridized carbons (Fsp3) is 0.333. The Bertz CT molecular complexity index is 762. The van der Waals surface area contributed by atoms with Crippen molar-refractivity contribution in [2.75, 3.05) is 0 Å². The fourth-order valence-electron chi connectivity index (χ4n) is 2.84. The van der Waals surface area contributed by atoms with E-state index in [0.29, 0.717) is 0 Å². The first-order chi connectivity index (χ1) is 11.3. The van der Waals surface area contributed by atoms with E-state index in [1.165, 1.54) is 16.7 Å². The molecule has 0 saturated heterocycles. The highest BCUT2D eigenvalue weighted by molar-refractivity contribution is 5.65. The second-order valence-corrected chi connectivity index (χ2v) is 7.48. The van der Waals surface area contributed by atoms with Gasteiger partial charge >= 0.3 is 0 Å². The smallest absolute Gasteiger partial charge is 0.0948 e. The molecule has 2 aromatic rings. The summed E-state index contributed by atoms with van der Waals surface area (Å²) in [5.74, 6) is 0. The van der Waals surface area contributed by atoms with Crippen LogP contribution in [0, 0.1) is 13.8 Å². The number of hydrogen-bond donors (Lipinski definition) is 0. The van der Waals surface area contributed by atoms with E-state index >= 15 is 0 Å². The van der Waals surface area contributed by atoms with Gasteiger partial charge in [0.2, 0.25) is 0 Å². The minimum Gasteiger partial charge on any atom is -0.262 e. The summed E-state index contributed by atoms with van der Waals surface area (Å²) >= 11 is 0. The van der Waals surface area contributed by atoms with E-state index in [0.717, 1.165) is 11.3 Å². The minimum atomic E-state index is -0.103. The SMILES string of the molecule is Cc1ccc(C2=CC(c3ccc(C)cc3)N(C(C)(C)C)N=N2)cc1. The highest BCUT2D eigenvalue weighted by Gasteiger charge is 2.31. The molecule has 0 saturated carbocycles. The van der Waals surface area contributed by atoms with Gasteiger partial charge in [-0.3, -0.25) is 5.01 Å². The third-order valence-electron chi connectivity index (χ3n) is 4.28. The molecule has 2 aromatic carbocycles. The van der Waals surface area contributed by atoms with Crippen LogP contribution in [-0.2, 0) is 0 Å². The van der Waals surface area contributed by atoms with Gasteiger partial charge in [-0.15, -0.1) is 5.11 Å². The van der Waals surface area contributed by atoms with E-state index in [2.05, 4.69) is 105 Å². The molecule has 0 aliphatic carbocycles. The number of nitrogens with zero attached hydrogens (tertiary/aromatic N) is 3. The Hall–Kier alpha value is -2.42. The van der Waals surface area contributed by atoms with Crippen molar-refractivity contribution in [2.24, 2.45) is 10.3 Å². The zero-order valence-electron chi connectivity index (χ0n) is 15.1. The van der Waals surface area contributed by atoms with Gasteiger partial charge in [0.15, 0.2) is 0 Å². The number of benzene rings is 2. The molecular weight excluding hydrogens is 294 g/mol. The largest absolute Gasteiger partial charge is 0.262 e. The van der Waals surface area contributed by atoms with E-state index in [1.54, 1.807) is 0 Å². The average Bonchev–Trinajstić information content (AvgIpc) is 2.55. The number of aryl methyl sites for hydroxylation is 2. The minimum absolute atomic E-state index is 0.0828. The van der Waals surface area contributed by atoms with Gasteiger partial charge in [-0.1, -0.05) is 64.9 Å². The van der Waals surface area contributed by atoms with Crippen LogP contribution in [0.3, 0.4) is 0 Å². The van der Waals surface area contributed by atoms with Crippen molar-refractivity contribution >= 4 is 5.70 Å². The topological polar surface area (TPSA) is 28.0 Å². The maximum atomic E-state index is 4.55. The van der Waals surface area contributed by atoms with Crippen molar-refractivity contribution in [3.05, 3.63) is 76.9 Å². The summed E-state index contributed by atoms with van der Waals surface area (Å²) in [5.41, 5.74) is 5.68. The van der Waals surface area contributed by atoms with Crippen molar-refractivity contribution in [1.82, 2.24) is 5.01 Å². The van der Waals surface area contributed by atoms with Crippen LogP contribution in [0.25, 0.3) is 5.70 Å². The van der Waals surface area contributed by atoms with Gasteiger partial charge in [-0.2, -0.15) is 0 Å². The van der Waals surface area contributed by atoms with Crippen LogP contribution in [0.1, 0.15) is 49.1 Å². The van der Waals surface area contributed by atoms with Crippen LogP contribution in [0.2, 0.25) is 0 Å². The van der Waals surface area contributed by atoms with Crippen LogP contribution in [0.15, 0.2) is 64.9 Å². The van der Waals surface area contributed by atoms with Gasteiger partial charge in [-0.05, 0) is 46.3 Å². The number of rotatable bonds is 2. The van der Waals surface area contributed by atoms with Crippen molar-refractivity contribution in [2.45, 2.75) is 46.2 Å². The average molecular weight is 319 g/mol. The van der Waals surface area contributed by atoms with Crippen molar-refractivity contribution in [1.29, 1.82) is 0 Å². The summed E-state index contributed by atoms with van der Waals surface area (Å²) in [5, 5.41) is 11.1. The maximum absolute atomic E-state index is 4.55. The van der Waals surface area contributed by atoms with Crippen LogP contribution in [0.4, 0.5) is 0 Å². The van der Waals surface area contributed by atoms with Crippen LogP contribution < -0.4 is 0 Å². The van der Waals surface area contributed by atoms with Crippen LogP contribution >= 0.6 is 0 Å². The molecule has 24 heavy (non-hydrogen) atoms. The van der Waals surface area contributed by atoms with E-state index in [4.69, 9.17) is 0 Å². The zero-order chi connectivity index (χ0) is 17.3. The molecule has 1 heterocycles. The molecule has 0 aromatic heterocycles. The Kier molecular flexibility index (Phi) is 4.27. The second kappa shape index (κ2) is 6.23. The normalized spacial score (nSPS) is 17.8. The molecule has 0 amide bonds. The van der Waals surface area contributed by atoms with E-state index in [-0.39, 0.29) is 11.6 Å². The van der Waals surface area contributed by atoms with Gasteiger partial charge in [0.05, 0.1) is 17.3 Å². The third kappa shape index (κ3) is 3.40. The van der Waals surface area contributed by atoms with Gasteiger partial charge in [0.1, 0.15) is 0 Å². The molecule has 0 spiro atoms. The summed E-state index contributed by atoms with van der Waals surface area (Å²) in [7, 11) is 0.